The molecule has 0 amide bonds. The second-order valence-electron chi connectivity index (χ2n) is 4.76. The fourth-order valence-corrected chi connectivity index (χ4v) is 2.02. The van der Waals surface area contributed by atoms with Crippen molar-refractivity contribution in [2.45, 2.75) is 32.7 Å². The van der Waals surface area contributed by atoms with Crippen LogP contribution < -0.4 is 5.73 Å². The minimum Gasteiger partial charge on any atom is -0.383 e. The molecule has 1 atom stereocenters. The van der Waals surface area contributed by atoms with Crippen LogP contribution in [-0.4, -0.2) is 19.3 Å². The second-order valence-corrected chi connectivity index (χ2v) is 4.76. The second kappa shape index (κ2) is 4.77. The van der Waals surface area contributed by atoms with Crippen LogP contribution in [-0.2, 0) is 11.2 Å². The summed E-state index contributed by atoms with van der Waals surface area (Å²) in [6, 6.07) is 6.55. The highest BCUT2D eigenvalue weighted by Gasteiger charge is 2.18. The van der Waals surface area contributed by atoms with Gasteiger partial charge in [0.05, 0.1) is 6.61 Å². The molecule has 0 bridgehead atoms. The van der Waals surface area contributed by atoms with Crippen molar-refractivity contribution in [2.24, 2.45) is 5.73 Å². The van der Waals surface area contributed by atoms with Gasteiger partial charge in [-0.1, -0.05) is 29.3 Å². The lowest BCUT2D eigenvalue weighted by Crippen LogP contribution is -2.43. The quantitative estimate of drug-likeness (QED) is 0.821. The molecule has 0 aliphatic heterocycles. The Morgan fingerprint density at radius 2 is 1.73 bits per heavy atom. The zero-order valence-corrected chi connectivity index (χ0v) is 10.1. The molecule has 1 aromatic carbocycles. The molecule has 84 valence electrons. The van der Waals surface area contributed by atoms with Gasteiger partial charge in [-0.2, -0.15) is 0 Å². The van der Waals surface area contributed by atoms with Crippen molar-refractivity contribution in [3.8, 4) is 0 Å². The average molecular weight is 207 g/mol. The molecular weight excluding hydrogens is 186 g/mol. The van der Waals surface area contributed by atoms with Gasteiger partial charge in [-0.15, -0.1) is 0 Å². The SMILES string of the molecule is COCC(C)(N)Cc1cc(C)cc(C)c1. The number of methoxy groups -OCH3 is 1. The van der Waals surface area contributed by atoms with Crippen LogP contribution >= 0.6 is 0 Å². The molecule has 2 N–H and O–H groups in total. The third-order valence-electron chi connectivity index (χ3n) is 2.36. The van der Waals surface area contributed by atoms with Crippen molar-refractivity contribution in [1.82, 2.24) is 0 Å². The smallest absolute Gasteiger partial charge is 0.0642 e. The van der Waals surface area contributed by atoms with Crippen LogP contribution in [0.3, 0.4) is 0 Å². The van der Waals surface area contributed by atoms with E-state index in [0.717, 1.165) is 6.42 Å². The van der Waals surface area contributed by atoms with Gasteiger partial charge < -0.3 is 10.5 Å². The first-order chi connectivity index (χ1) is 6.93. The molecule has 1 rings (SSSR count). The molecular formula is C13H21NO. The Labute approximate surface area is 92.4 Å². The van der Waals surface area contributed by atoms with E-state index in [0.29, 0.717) is 6.61 Å². The van der Waals surface area contributed by atoms with E-state index in [4.69, 9.17) is 10.5 Å². The lowest BCUT2D eigenvalue weighted by atomic mass is 9.93. The van der Waals surface area contributed by atoms with Crippen LogP contribution in [0.2, 0.25) is 0 Å². The van der Waals surface area contributed by atoms with Crippen molar-refractivity contribution < 1.29 is 4.74 Å². The Bertz CT molecular complexity index is 311. The molecule has 1 unspecified atom stereocenters. The van der Waals surface area contributed by atoms with Gasteiger partial charge in [-0.3, -0.25) is 0 Å². The number of rotatable bonds is 4. The summed E-state index contributed by atoms with van der Waals surface area (Å²) >= 11 is 0. The Balaban J connectivity index is 2.80. The van der Waals surface area contributed by atoms with E-state index in [-0.39, 0.29) is 5.54 Å². The summed E-state index contributed by atoms with van der Waals surface area (Å²) in [4.78, 5) is 0. The summed E-state index contributed by atoms with van der Waals surface area (Å²) in [6.45, 7) is 6.83. The fourth-order valence-electron chi connectivity index (χ4n) is 2.02. The maximum atomic E-state index is 6.13. The molecule has 0 heterocycles. The van der Waals surface area contributed by atoms with E-state index < -0.39 is 0 Å². The van der Waals surface area contributed by atoms with Crippen LogP contribution in [0.5, 0.6) is 0 Å². The zero-order chi connectivity index (χ0) is 11.5. The molecule has 2 nitrogen and oxygen atoms in total. The molecule has 0 aromatic heterocycles. The Kier molecular flexibility index (Phi) is 3.89. The average Bonchev–Trinajstić information content (AvgIpc) is 1.99. The molecule has 15 heavy (non-hydrogen) atoms. The molecule has 0 saturated carbocycles. The molecule has 0 aliphatic carbocycles. The molecule has 2 heteroatoms. The normalized spacial score (nSPS) is 15.0. The van der Waals surface area contributed by atoms with E-state index >= 15 is 0 Å². The largest absolute Gasteiger partial charge is 0.383 e. The van der Waals surface area contributed by atoms with Crippen molar-refractivity contribution in [2.75, 3.05) is 13.7 Å². The lowest BCUT2D eigenvalue weighted by Gasteiger charge is -2.24. The molecule has 0 fully saturated rings. The predicted octanol–water partition coefficient (Wildman–Crippen LogP) is 2.21. The summed E-state index contributed by atoms with van der Waals surface area (Å²) in [5.74, 6) is 0. The molecule has 0 saturated heterocycles. The van der Waals surface area contributed by atoms with Gasteiger partial charge >= 0.3 is 0 Å². The molecule has 0 spiro atoms. The Hall–Kier alpha value is -0.860. The van der Waals surface area contributed by atoms with Crippen LogP contribution in [0, 0.1) is 13.8 Å². The Morgan fingerprint density at radius 3 is 2.20 bits per heavy atom. The summed E-state index contributed by atoms with van der Waals surface area (Å²) in [5.41, 5.74) is 9.72. The number of aryl methyl sites for hydroxylation is 2. The number of nitrogens with two attached hydrogens (primary N) is 1. The summed E-state index contributed by atoms with van der Waals surface area (Å²) in [6.07, 6.45) is 0.851. The van der Waals surface area contributed by atoms with Crippen molar-refractivity contribution in [3.05, 3.63) is 34.9 Å². The summed E-state index contributed by atoms with van der Waals surface area (Å²) < 4.78 is 5.11. The standard InChI is InChI=1S/C13H21NO/c1-10-5-11(2)7-12(6-10)8-13(3,14)9-15-4/h5-7H,8-9,14H2,1-4H3. The van der Waals surface area contributed by atoms with E-state index in [2.05, 4.69) is 32.0 Å². The highest BCUT2D eigenvalue weighted by molar-refractivity contribution is 5.29. The number of benzene rings is 1. The predicted molar refractivity (Wildman–Crippen MR) is 64.1 cm³/mol. The van der Waals surface area contributed by atoms with E-state index in [1.54, 1.807) is 7.11 Å². The lowest BCUT2D eigenvalue weighted by molar-refractivity contribution is 0.141. The highest BCUT2D eigenvalue weighted by Crippen LogP contribution is 2.15. The fraction of sp³-hybridized carbons (Fsp3) is 0.538. The number of hydrogen-bond acceptors (Lipinski definition) is 2. The van der Waals surface area contributed by atoms with Crippen molar-refractivity contribution >= 4 is 0 Å². The van der Waals surface area contributed by atoms with Gasteiger partial charge in [0, 0.05) is 12.6 Å². The monoisotopic (exact) mass is 207 g/mol. The summed E-state index contributed by atoms with van der Waals surface area (Å²) in [5, 5.41) is 0. The van der Waals surface area contributed by atoms with Gasteiger partial charge in [0.25, 0.3) is 0 Å². The Morgan fingerprint density at radius 1 is 1.20 bits per heavy atom. The molecule has 0 radical (unpaired) electrons. The van der Waals surface area contributed by atoms with E-state index in [1.165, 1.54) is 16.7 Å². The first kappa shape index (κ1) is 12.2. The maximum absolute atomic E-state index is 6.13. The van der Waals surface area contributed by atoms with E-state index in [9.17, 15) is 0 Å². The molecule has 1 aromatic rings. The number of ether oxygens (including phenoxy) is 1. The third kappa shape index (κ3) is 4.02. The maximum Gasteiger partial charge on any atom is 0.0642 e. The van der Waals surface area contributed by atoms with Crippen LogP contribution in [0.25, 0.3) is 0 Å². The van der Waals surface area contributed by atoms with Gasteiger partial charge in [0.2, 0.25) is 0 Å². The van der Waals surface area contributed by atoms with Gasteiger partial charge in [-0.25, -0.2) is 0 Å². The van der Waals surface area contributed by atoms with Crippen molar-refractivity contribution in [1.29, 1.82) is 0 Å². The van der Waals surface area contributed by atoms with E-state index in [1.807, 2.05) is 6.92 Å². The van der Waals surface area contributed by atoms with Gasteiger partial charge in [-0.05, 0) is 32.8 Å². The zero-order valence-electron chi connectivity index (χ0n) is 10.1. The third-order valence-corrected chi connectivity index (χ3v) is 2.36. The van der Waals surface area contributed by atoms with Crippen LogP contribution in [0.4, 0.5) is 0 Å². The number of hydrogen-bond donors (Lipinski definition) is 1. The van der Waals surface area contributed by atoms with Gasteiger partial charge in [0.15, 0.2) is 0 Å². The van der Waals surface area contributed by atoms with Crippen molar-refractivity contribution in [3.63, 3.8) is 0 Å². The topological polar surface area (TPSA) is 35.2 Å². The van der Waals surface area contributed by atoms with Crippen LogP contribution in [0.15, 0.2) is 18.2 Å². The summed E-state index contributed by atoms with van der Waals surface area (Å²) in [7, 11) is 1.69. The minimum absolute atomic E-state index is 0.283. The van der Waals surface area contributed by atoms with Crippen LogP contribution in [0.1, 0.15) is 23.6 Å². The van der Waals surface area contributed by atoms with Gasteiger partial charge in [0.1, 0.15) is 0 Å². The minimum atomic E-state index is -0.283. The molecule has 0 aliphatic rings. The first-order valence-corrected chi connectivity index (χ1v) is 5.28. The highest BCUT2D eigenvalue weighted by atomic mass is 16.5. The first-order valence-electron chi connectivity index (χ1n) is 5.28.